The molecule has 2 atom stereocenters. The first-order valence-corrected chi connectivity index (χ1v) is 6.50. The summed E-state index contributed by atoms with van der Waals surface area (Å²) in [6, 6.07) is 6.49. The highest BCUT2D eigenvalue weighted by atomic mass is 32.2. The van der Waals surface area contributed by atoms with Gasteiger partial charge in [0.05, 0.1) is 6.10 Å². The van der Waals surface area contributed by atoms with Crippen LogP contribution in [0.1, 0.15) is 35.9 Å². The molecule has 0 radical (unpaired) electrons. The Bertz CT molecular complexity index is 444. The molecule has 18 heavy (non-hydrogen) atoms. The molecule has 1 rings (SSSR count). The van der Waals surface area contributed by atoms with Crippen molar-refractivity contribution >= 4 is 22.7 Å². The molecule has 5 heteroatoms. The fourth-order valence-corrected chi connectivity index (χ4v) is 2.05. The molecular weight excluding hydrogens is 252 g/mol. The first-order chi connectivity index (χ1) is 8.41. The summed E-state index contributed by atoms with van der Waals surface area (Å²) in [5.41, 5.74) is 0.956. The number of aliphatic hydroxyl groups is 2. The first kappa shape index (κ1) is 14.9. The van der Waals surface area contributed by atoms with E-state index in [0.29, 0.717) is 11.1 Å². The zero-order valence-corrected chi connectivity index (χ0v) is 11.1. The second-order valence-electron chi connectivity index (χ2n) is 4.00. The van der Waals surface area contributed by atoms with Crippen LogP contribution in [-0.4, -0.2) is 33.0 Å². The quantitative estimate of drug-likeness (QED) is 0.793. The van der Waals surface area contributed by atoms with Gasteiger partial charge in [-0.15, -0.1) is 0 Å². The first-order valence-electron chi connectivity index (χ1n) is 5.52. The van der Waals surface area contributed by atoms with E-state index in [1.165, 1.54) is 13.8 Å². The minimum atomic E-state index is -1.10. The number of hydrogen-bond acceptors (Lipinski definition) is 5. The van der Waals surface area contributed by atoms with Gasteiger partial charge in [0.1, 0.15) is 6.10 Å². The molecule has 98 valence electrons. The van der Waals surface area contributed by atoms with Crippen LogP contribution in [0.5, 0.6) is 0 Å². The lowest BCUT2D eigenvalue weighted by Gasteiger charge is -2.17. The van der Waals surface area contributed by atoms with Gasteiger partial charge in [0, 0.05) is 18.2 Å². The molecule has 0 saturated carbocycles. The van der Waals surface area contributed by atoms with Crippen LogP contribution in [0.15, 0.2) is 24.3 Å². The Labute approximate surface area is 110 Å². The van der Waals surface area contributed by atoms with Crippen LogP contribution < -0.4 is 0 Å². The Kier molecular flexibility index (Phi) is 5.53. The van der Waals surface area contributed by atoms with E-state index in [1.807, 2.05) is 0 Å². The number of hydrogen-bond donors (Lipinski definition) is 2. The van der Waals surface area contributed by atoms with E-state index >= 15 is 0 Å². The summed E-state index contributed by atoms with van der Waals surface area (Å²) in [5.74, 6) is 0.0255. The molecule has 0 heterocycles. The fourth-order valence-electron chi connectivity index (χ4n) is 1.46. The number of Topliss-reactive ketones (excluding diaryl/α,β-unsaturated/α-hetero) is 1. The van der Waals surface area contributed by atoms with Crippen molar-refractivity contribution in [3.05, 3.63) is 35.4 Å². The third kappa shape index (κ3) is 4.25. The highest BCUT2D eigenvalue weighted by molar-refractivity contribution is 8.13. The second kappa shape index (κ2) is 6.68. The second-order valence-corrected chi connectivity index (χ2v) is 5.19. The number of carbonyl (C=O) groups is 2. The summed E-state index contributed by atoms with van der Waals surface area (Å²) in [4.78, 5) is 22.0. The van der Waals surface area contributed by atoms with Gasteiger partial charge >= 0.3 is 0 Å². The van der Waals surface area contributed by atoms with Crippen molar-refractivity contribution in [1.82, 2.24) is 0 Å². The van der Waals surface area contributed by atoms with Crippen LogP contribution in [-0.2, 0) is 4.79 Å². The predicted octanol–water partition coefficient (Wildman–Crippen LogP) is 1.56. The van der Waals surface area contributed by atoms with Crippen LogP contribution >= 0.6 is 11.8 Å². The Hall–Kier alpha value is -1.17. The Morgan fingerprint density at radius 3 is 2.50 bits per heavy atom. The van der Waals surface area contributed by atoms with E-state index in [0.717, 1.165) is 11.8 Å². The smallest absolute Gasteiger partial charge is 0.185 e. The standard InChI is InChI=1S/C13H16O4S/c1-8(14)10-4-3-5-11(6-10)13(17)12(16)7-18-9(2)15/h3-6,12-13,16-17H,7H2,1-2H3. The van der Waals surface area contributed by atoms with E-state index in [9.17, 15) is 19.8 Å². The summed E-state index contributed by atoms with van der Waals surface area (Å²) >= 11 is 0.957. The van der Waals surface area contributed by atoms with Crippen molar-refractivity contribution < 1.29 is 19.8 Å². The molecule has 1 aromatic carbocycles. The molecule has 0 aromatic heterocycles. The molecule has 1 aromatic rings. The summed E-state index contributed by atoms with van der Waals surface area (Å²) in [6.07, 6.45) is -2.14. The van der Waals surface area contributed by atoms with E-state index in [1.54, 1.807) is 24.3 Å². The van der Waals surface area contributed by atoms with E-state index in [2.05, 4.69) is 0 Å². The fraction of sp³-hybridized carbons (Fsp3) is 0.385. The third-order valence-corrected chi connectivity index (χ3v) is 3.37. The number of benzene rings is 1. The van der Waals surface area contributed by atoms with Crippen molar-refractivity contribution in [3.63, 3.8) is 0 Å². The van der Waals surface area contributed by atoms with Gasteiger partial charge < -0.3 is 10.2 Å². The molecule has 2 unspecified atom stereocenters. The Morgan fingerprint density at radius 2 is 1.94 bits per heavy atom. The van der Waals surface area contributed by atoms with Crippen LogP contribution in [0.3, 0.4) is 0 Å². The summed E-state index contributed by atoms with van der Waals surface area (Å²) in [5, 5.41) is 19.6. The summed E-state index contributed by atoms with van der Waals surface area (Å²) < 4.78 is 0. The van der Waals surface area contributed by atoms with Gasteiger partial charge in [-0.1, -0.05) is 30.0 Å². The highest BCUT2D eigenvalue weighted by Gasteiger charge is 2.19. The molecule has 0 bridgehead atoms. The molecule has 2 N–H and O–H groups in total. The summed E-state index contributed by atoms with van der Waals surface area (Å²) in [6.45, 7) is 2.84. The molecule has 0 amide bonds. The van der Waals surface area contributed by atoms with Crippen LogP contribution in [0.25, 0.3) is 0 Å². The van der Waals surface area contributed by atoms with Gasteiger partial charge in [0.15, 0.2) is 10.9 Å². The largest absolute Gasteiger partial charge is 0.389 e. The van der Waals surface area contributed by atoms with Crippen molar-refractivity contribution in [2.75, 3.05) is 5.75 Å². The van der Waals surface area contributed by atoms with Crippen molar-refractivity contribution in [3.8, 4) is 0 Å². The van der Waals surface area contributed by atoms with E-state index in [-0.39, 0.29) is 16.7 Å². The number of thioether (sulfide) groups is 1. The SMILES string of the molecule is CC(=O)SCC(O)C(O)c1cccc(C(C)=O)c1. The number of rotatable bonds is 5. The minimum absolute atomic E-state index is 0.100. The third-order valence-electron chi connectivity index (χ3n) is 2.46. The topological polar surface area (TPSA) is 74.6 Å². The van der Waals surface area contributed by atoms with Crippen LogP contribution in [0.4, 0.5) is 0 Å². The average Bonchev–Trinajstić information content (AvgIpc) is 2.35. The molecule has 0 aliphatic heterocycles. The van der Waals surface area contributed by atoms with Gasteiger partial charge in [-0.05, 0) is 18.6 Å². The zero-order chi connectivity index (χ0) is 13.7. The Balaban J connectivity index is 2.76. The molecular formula is C13H16O4S. The van der Waals surface area contributed by atoms with Crippen LogP contribution in [0, 0.1) is 0 Å². The zero-order valence-electron chi connectivity index (χ0n) is 10.3. The van der Waals surface area contributed by atoms with Gasteiger partial charge in [0.2, 0.25) is 0 Å². The number of ketones is 1. The normalized spacial score (nSPS) is 14.0. The average molecular weight is 268 g/mol. The van der Waals surface area contributed by atoms with E-state index in [4.69, 9.17) is 0 Å². The Morgan fingerprint density at radius 1 is 1.28 bits per heavy atom. The van der Waals surface area contributed by atoms with Crippen molar-refractivity contribution in [1.29, 1.82) is 0 Å². The maximum atomic E-state index is 11.2. The molecule has 0 aliphatic rings. The van der Waals surface area contributed by atoms with Gasteiger partial charge in [0.25, 0.3) is 0 Å². The highest BCUT2D eigenvalue weighted by Crippen LogP contribution is 2.21. The lowest BCUT2D eigenvalue weighted by Crippen LogP contribution is -2.21. The van der Waals surface area contributed by atoms with Crippen LogP contribution in [0.2, 0.25) is 0 Å². The minimum Gasteiger partial charge on any atom is -0.389 e. The summed E-state index contributed by atoms with van der Waals surface area (Å²) in [7, 11) is 0. The van der Waals surface area contributed by atoms with Crippen molar-refractivity contribution in [2.24, 2.45) is 0 Å². The maximum Gasteiger partial charge on any atom is 0.185 e. The van der Waals surface area contributed by atoms with Gasteiger partial charge in [-0.2, -0.15) is 0 Å². The predicted molar refractivity (Wildman–Crippen MR) is 70.6 cm³/mol. The lowest BCUT2D eigenvalue weighted by molar-refractivity contribution is -0.109. The molecule has 0 saturated heterocycles. The molecule has 0 fully saturated rings. The van der Waals surface area contributed by atoms with E-state index < -0.39 is 12.2 Å². The van der Waals surface area contributed by atoms with Gasteiger partial charge in [-0.25, -0.2) is 0 Å². The number of aliphatic hydroxyl groups excluding tert-OH is 2. The van der Waals surface area contributed by atoms with Gasteiger partial charge in [-0.3, -0.25) is 9.59 Å². The lowest BCUT2D eigenvalue weighted by atomic mass is 10.0. The molecule has 0 spiro atoms. The monoisotopic (exact) mass is 268 g/mol. The molecule has 0 aliphatic carbocycles. The molecule has 4 nitrogen and oxygen atoms in total. The van der Waals surface area contributed by atoms with Crippen molar-refractivity contribution in [2.45, 2.75) is 26.1 Å². The maximum absolute atomic E-state index is 11.2. The number of carbonyl (C=O) groups excluding carboxylic acids is 2.